The summed E-state index contributed by atoms with van der Waals surface area (Å²) in [6, 6.07) is 5.06. The highest BCUT2D eigenvalue weighted by molar-refractivity contribution is 5.97. The van der Waals surface area contributed by atoms with Gasteiger partial charge in [0, 0.05) is 6.07 Å². The van der Waals surface area contributed by atoms with E-state index in [4.69, 9.17) is 0 Å². The van der Waals surface area contributed by atoms with Crippen LogP contribution in [0.5, 0.6) is 0 Å². The molecule has 1 aromatic rings. The van der Waals surface area contributed by atoms with Gasteiger partial charge in [-0.1, -0.05) is 25.7 Å². The van der Waals surface area contributed by atoms with Crippen molar-refractivity contribution in [1.82, 2.24) is 0 Å². The van der Waals surface area contributed by atoms with Crippen LogP contribution in [0.3, 0.4) is 0 Å². The van der Waals surface area contributed by atoms with E-state index >= 15 is 0 Å². The number of anilines is 1. The quantitative estimate of drug-likeness (QED) is 0.837. The fraction of sp³-hybridized carbons (Fsp3) is 0.467. The lowest BCUT2D eigenvalue weighted by atomic mass is 9.81. The molecule has 1 saturated carbocycles. The summed E-state index contributed by atoms with van der Waals surface area (Å²) in [5, 5.41) is 11.8. The molecule has 106 valence electrons. The normalized spacial score (nSPS) is 17.9. The third-order valence-electron chi connectivity index (χ3n) is 3.79. The lowest BCUT2D eigenvalue weighted by Gasteiger charge is -2.23. The van der Waals surface area contributed by atoms with Crippen molar-refractivity contribution in [2.75, 3.05) is 5.32 Å². The van der Waals surface area contributed by atoms with E-state index in [0.717, 1.165) is 31.7 Å². The summed E-state index contributed by atoms with van der Waals surface area (Å²) in [5.74, 6) is -2.03. The van der Waals surface area contributed by atoms with Crippen LogP contribution < -0.4 is 5.32 Å². The van der Waals surface area contributed by atoms with E-state index < -0.39 is 23.0 Å². The molecular formula is C15H16F2N2O. The van der Waals surface area contributed by atoms with Crippen molar-refractivity contribution in [2.45, 2.75) is 38.5 Å². The number of benzene rings is 1. The number of nitriles is 1. The zero-order valence-electron chi connectivity index (χ0n) is 11.1. The Morgan fingerprint density at radius 1 is 1.20 bits per heavy atom. The molecule has 0 saturated heterocycles. The van der Waals surface area contributed by atoms with Crippen LogP contribution >= 0.6 is 0 Å². The number of hydrogen-bond acceptors (Lipinski definition) is 2. The van der Waals surface area contributed by atoms with Crippen molar-refractivity contribution in [3.63, 3.8) is 0 Å². The molecule has 1 N–H and O–H groups in total. The van der Waals surface area contributed by atoms with Gasteiger partial charge in [0.05, 0.1) is 11.8 Å². The van der Waals surface area contributed by atoms with Gasteiger partial charge in [-0.2, -0.15) is 5.26 Å². The number of amides is 1. The van der Waals surface area contributed by atoms with Gasteiger partial charge in [-0.3, -0.25) is 4.79 Å². The fourth-order valence-electron chi connectivity index (χ4n) is 2.55. The summed E-state index contributed by atoms with van der Waals surface area (Å²) >= 11 is 0. The van der Waals surface area contributed by atoms with Crippen LogP contribution in [-0.2, 0) is 4.79 Å². The van der Waals surface area contributed by atoms with Gasteiger partial charge in [0.2, 0.25) is 5.91 Å². The Bertz CT molecular complexity index is 543. The maximum atomic E-state index is 13.5. The molecule has 0 radical (unpaired) electrons. The minimum atomic E-state index is -1.10. The molecule has 1 aliphatic carbocycles. The van der Waals surface area contributed by atoms with Crippen LogP contribution in [0.2, 0.25) is 0 Å². The smallest absolute Gasteiger partial charge is 0.244 e. The number of halogens is 2. The standard InChI is InChI=1S/C15H16F2N2O/c16-11-5-6-13(12(17)9-11)19-14(20)15(10-18)7-3-1-2-4-8-15/h5-6,9H,1-4,7-8H2,(H,19,20). The lowest BCUT2D eigenvalue weighted by Crippen LogP contribution is -2.34. The minimum absolute atomic E-state index is 0.0877. The number of nitrogens with zero attached hydrogens (tertiary/aromatic N) is 1. The van der Waals surface area contributed by atoms with Gasteiger partial charge in [0.1, 0.15) is 17.0 Å². The first-order valence-corrected chi connectivity index (χ1v) is 6.75. The van der Waals surface area contributed by atoms with E-state index in [9.17, 15) is 18.8 Å². The molecule has 5 heteroatoms. The minimum Gasteiger partial charge on any atom is -0.322 e. The highest BCUT2D eigenvalue weighted by atomic mass is 19.1. The van der Waals surface area contributed by atoms with Crippen molar-refractivity contribution < 1.29 is 13.6 Å². The summed E-state index contributed by atoms with van der Waals surface area (Å²) in [7, 11) is 0. The molecule has 0 aliphatic heterocycles. The van der Waals surface area contributed by atoms with Gasteiger partial charge in [-0.05, 0) is 25.0 Å². The van der Waals surface area contributed by atoms with Gasteiger partial charge in [-0.25, -0.2) is 8.78 Å². The van der Waals surface area contributed by atoms with Crippen LogP contribution in [0.25, 0.3) is 0 Å². The van der Waals surface area contributed by atoms with Gasteiger partial charge in [-0.15, -0.1) is 0 Å². The van der Waals surface area contributed by atoms with E-state index in [1.165, 1.54) is 6.07 Å². The van der Waals surface area contributed by atoms with E-state index in [0.29, 0.717) is 18.9 Å². The first-order chi connectivity index (χ1) is 9.57. The second-order valence-corrected chi connectivity index (χ2v) is 5.19. The van der Waals surface area contributed by atoms with Crippen LogP contribution in [0.15, 0.2) is 18.2 Å². The maximum absolute atomic E-state index is 13.5. The Labute approximate surface area is 116 Å². The van der Waals surface area contributed by atoms with Crippen molar-refractivity contribution in [1.29, 1.82) is 5.26 Å². The van der Waals surface area contributed by atoms with E-state index in [1.54, 1.807) is 0 Å². The summed E-state index contributed by atoms with van der Waals surface area (Å²) in [6.07, 6.45) is 4.60. The maximum Gasteiger partial charge on any atom is 0.244 e. The largest absolute Gasteiger partial charge is 0.322 e. The molecule has 0 spiro atoms. The van der Waals surface area contributed by atoms with Crippen LogP contribution in [0.1, 0.15) is 38.5 Å². The predicted octanol–water partition coefficient (Wildman–Crippen LogP) is 3.77. The number of carbonyl (C=O) groups is 1. The molecular weight excluding hydrogens is 262 g/mol. The van der Waals surface area contributed by atoms with Crippen LogP contribution in [0.4, 0.5) is 14.5 Å². The highest BCUT2D eigenvalue weighted by Gasteiger charge is 2.39. The summed E-state index contributed by atoms with van der Waals surface area (Å²) < 4.78 is 26.4. The lowest BCUT2D eigenvalue weighted by molar-refractivity contribution is -0.123. The predicted molar refractivity (Wildman–Crippen MR) is 70.7 cm³/mol. The second kappa shape index (κ2) is 6.00. The zero-order valence-corrected chi connectivity index (χ0v) is 11.1. The first-order valence-electron chi connectivity index (χ1n) is 6.75. The first kappa shape index (κ1) is 14.4. The zero-order chi connectivity index (χ0) is 14.6. The van der Waals surface area contributed by atoms with Crippen LogP contribution in [-0.4, -0.2) is 5.91 Å². The Kier molecular flexibility index (Phi) is 4.33. The number of nitrogens with one attached hydrogen (secondary N) is 1. The summed E-state index contributed by atoms with van der Waals surface area (Å²) in [6.45, 7) is 0. The molecule has 3 nitrogen and oxygen atoms in total. The molecule has 1 fully saturated rings. The average molecular weight is 278 g/mol. The van der Waals surface area contributed by atoms with Gasteiger partial charge in [0.15, 0.2) is 0 Å². The topological polar surface area (TPSA) is 52.9 Å². The molecule has 1 aromatic carbocycles. The molecule has 0 aromatic heterocycles. The van der Waals surface area contributed by atoms with E-state index in [2.05, 4.69) is 11.4 Å². The Morgan fingerprint density at radius 3 is 2.40 bits per heavy atom. The molecule has 1 amide bonds. The molecule has 0 heterocycles. The monoisotopic (exact) mass is 278 g/mol. The average Bonchev–Trinajstić information content (AvgIpc) is 2.68. The second-order valence-electron chi connectivity index (χ2n) is 5.19. The van der Waals surface area contributed by atoms with Crippen molar-refractivity contribution in [2.24, 2.45) is 5.41 Å². The molecule has 0 bridgehead atoms. The van der Waals surface area contributed by atoms with Crippen molar-refractivity contribution in [3.8, 4) is 6.07 Å². The molecule has 0 unspecified atom stereocenters. The van der Waals surface area contributed by atoms with Gasteiger partial charge < -0.3 is 5.32 Å². The van der Waals surface area contributed by atoms with Crippen molar-refractivity contribution >= 4 is 11.6 Å². The Morgan fingerprint density at radius 2 is 1.85 bits per heavy atom. The van der Waals surface area contributed by atoms with E-state index in [1.807, 2.05) is 0 Å². The van der Waals surface area contributed by atoms with Crippen molar-refractivity contribution in [3.05, 3.63) is 29.8 Å². The van der Waals surface area contributed by atoms with Crippen LogP contribution in [0, 0.1) is 28.4 Å². The third-order valence-corrected chi connectivity index (χ3v) is 3.79. The Hall–Kier alpha value is -1.96. The Balaban J connectivity index is 2.19. The van der Waals surface area contributed by atoms with E-state index in [-0.39, 0.29) is 5.69 Å². The molecule has 20 heavy (non-hydrogen) atoms. The molecule has 2 rings (SSSR count). The summed E-state index contributed by atoms with van der Waals surface area (Å²) in [5.41, 5.74) is -1.19. The highest BCUT2D eigenvalue weighted by Crippen LogP contribution is 2.35. The fourth-order valence-corrected chi connectivity index (χ4v) is 2.55. The number of hydrogen-bond donors (Lipinski definition) is 1. The summed E-state index contributed by atoms with van der Waals surface area (Å²) in [4.78, 5) is 12.3. The van der Waals surface area contributed by atoms with Gasteiger partial charge in [0.25, 0.3) is 0 Å². The number of rotatable bonds is 2. The number of carbonyl (C=O) groups excluding carboxylic acids is 1. The third kappa shape index (κ3) is 2.96. The van der Waals surface area contributed by atoms with Gasteiger partial charge >= 0.3 is 0 Å². The molecule has 0 atom stereocenters. The molecule has 1 aliphatic rings. The SMILES string of the molecule is N#CC1(C(=O)Nc2ccc(F)cc2F)CCCCCC1.